The quantitative estimate of drug-likeness (QED) is 0.291. The van der Waals surface area contributed by atoms with Gasteiger partial charge in [0.1, 0.15) is 0 Å². The van der Waals surface area contributed by atoms with Crippen molar-refractivity contribution in [1.82, 2.24) is 20.0 Å². The molecule has 1 N–H and O–H groups in total. The van der Waals surface area contributed by atoms with Crippen molar-refractivity contribution in [2.75, 3.05) is 32.6 Å². The van der Waals surface area contributed by atoms with Crippen molar-refractivity contribution in [3.63, 3.8) is 0 Å². The topological polar surface area (TPSA) is 62.6 Å². The van der Waals surface area contributed by atoms with Crippen LogP contribution in [0.25, 0.3) is 0 Å². The monoisotopic (exact) mass is 637 g/mol. The summed E-state index contributed by atoms with van der Waals surface area (Å²) in [5, 5.41) is 7.14. The molecule has 0 saturated heterocycles. The zero-order valence-corrected chi connectivity index (χ0v) is 24.6. The van der Waals surface area contributed by atoms with Crippen LogP contribution in [0, 0.1) is 6.92 Å². The van der Waals surface area contributed by atoms with E-state index in [2.05, 4.69) is 41.2 Å². The molecule has 3 rings (SSSR count). The molecule has 1 fully saturated rings. The van der Waals surface area contributed by atoms with Crippen molar-refractivity contribution >= 4 is 45.8 Å². The molecule has 200 valence electrons. The van der Waals surface area contributed by atoms with E-state index in [1.54, 1.807) is 6.07 Å². The van der Waals surface area contributed by atoms with Gasteiger partial charge in [-0.15, -0.1) is 0 Å². The Labute approximate surface area is 230 Å². The van der Waals surface area contributed by atoms with Gasteiger partial charge in [-0.25, -0.2) is 4.68 Å². The Hall–Kier alpha value is -1.66. The average Bonchev–Trinajstić information content (AvgIpc) is 3.15. The molecule has 11 heteroatoms. The Kier molecular flexibility index (Phi) is 9.48. The lowest BCUT2D eigenvalue weighted by Crippen LogP contribution is -2.42. The summed E-state index contributed by atoms with van der Waals surface area (Å²) in [4.78, 5) is 17.9. The standard InChI is InChI=1S/C25H35ClF2IN5O2/c1-7-34(18-10-8-17(9-11-18)32(3)4)21-13-16(26)12-19(15(21)2)23(35)30-14-20-22(25(27,28)29)31-33(5)24(20)36-6/h12-13,17-18H,7-11,14H2,1-6H3,(H,30,35)/t17-,18-. The zero-order valence-electron chi connectivity index (χ0n) is 21.7. The van der Waals surface area contributed by atoms with Crippen molar-refractivity contribution in [1.29, 1.82) is 0 Å². The molecule has 1 heterocycles. The summed E-state index contributed by atoms with van der Waals surface area (Å²) in [7, 11) is 7.16. The number of hydrogen-bond donors (Lipinski definition) is 1. The van der Waals surface area contributed by atoms with Crippen LogP contribution in [0.2, 0.25) is 5.02 Å². The molecule has 1 aliphatic rings. The number of amides is 1. The van der Waals surface area contributed by atoms with E-state index in [-0.39, 0.29) is 18.0 Å². The van der Waals surface area contributed by atoms with Gasteiger partial charge in [-0.3, -0.25) is 4.79 Å². The minimum Gasteiger partial charge on any atom is -0.481 e. The van der Waals surface area contributed by atoms with Crippen LogP contribution in [0.15, 0.2) is 12.1 Å². The lowest BCUT2D eigenvalue weighted by molar-refractivity contribution is 0.0946. The molecule has 0 radical (unpaired) electrons. The lowest BCUT2D eigenvalue weighted by atomic mass is 9.89. The number of hydrogen-bond acceptors (Lipinski definition) is 5. The third kappa shape index (κ3) is 6.24. The van der Waals surface area contributed by atoms with E-state index in [1.807, 2.05) is 13.0 Å². The number of methoxy groups -OCH3 is 1. The van der Waals surface area contributed by atoms with Gasteiger partial charge < -0.3 is 19.9 Å². The molecule has 2 aromatic rings. The third-order valence-electron chi connectivity index (χ3n) is 7.05. The first-order chi connectivity index (χ1) is 16.9. The first kappa shape index (κ1) is 28.9. The van der Waals surface area contributed by atoms with Gasteiger partial charge in [-0.1, -0.05) is 11.6 Å². The SMILES string of the molecule is CCN(c1cc(Cl)cc(C(=O)NCc2c(C(F)(F)I)nn(C)c2OC)c1C)[C@H]1CC[C@H](N(C)C)CC1. The number of carbonyl (C=O) groups is 1. The molecule has 1 aromatic carbocycles. The fraction of sp³-hybridized carbons (Fsp3) is 0.600. The highest BCUT2D eigenvalue weighted by Gasteiger charge is 2.36. The van der Waals surface area contributed by atoms with E-state index in [4.69, 9.17) is 16.3 Å². The van der Waals surface area contributed by atoms with Crippen LogP contribution in [0.5, 0.6) is 5.88 Å². The number of halogens is 4. The minimum atomic E-state index is -3.21. The van der Waals surface area contributed by atoms with E-state index in [0.717, 1.165) is 66.1 Å². The van der Waals surface area contributed by atoms with Gasteiger partial charge in [-0.05, 0) is 71.3 Å². The molecule has 1 amide bonds. The number of rotatable bonds is 9. The molecule has 36 heavy (non-hydrogen) atoms. The van der Waals surface area contributed by atoms with Crippen LogP contribution in [-0.4, -0.2) is 60.4 Å². The molecule has 0 bridgehead atoms. The number of carbonyl (C=O) groups excluding carboxylic acids is 1. The van der Waals surface area contributed by atoms with E-state index in [9.17, 15) is 13.6 Å². The Balaban J connectivity index is 1.85. The van der Waals surface area contributed by atoms with Gasteiger partial charge >= 0.3 is 3.93 Å². The Morgan fingerprint density at radius 2 is 1.89 bits per heavy atom. The molecule has 0 atom stereocenters. The highest BCUT2D eigenvalue weighted by molar-refractivity contribution is 14.1. The van der Waals surface area contributed by atoms with Crippen LogP contribution < -0.4 is 15.0 Å². The van der Waals surface area contributed by atoms with Crippen molar-refractivity contribution in [3.05, 3.63) is 39.5 Å². The number of nitrogens with one attached hydrogen (secondary N) is 1. The van der Waals surface area contributed by atoms with E-state index in [0.29, 0.717) is 22.7 Å². The predicted octanol–water partition coefficient (Wildman–Crippen LogP) is 5.50. The summed E-state index contributed by atoms with van der Waals surface area (Å²) in [6.07, 6.45) is 4.38. The second-order valence-corrected chi connectivity index (χ2v) is 11.2. The lowest BCUT2D eigenvalue weighted by Gasteiger charge is -2.40. The summed E-state index contributed by atoms with van der Waals surface area (Å²) in [6, 6.07) is 4.49. The summed E-state index contributed by atoms with van der Waals surface area (Å²) in [5.41, 5.74) is 1.87. The van der Waals surface area contributed by atoms with Gasteiger partial charge in [0.2, 0.25) is 5.88 Å². The molecule has 7 nitrogen and oxygen atoms in total. The molecule has 1 aliphatic carbocycles. The van der Waals surface area contributed by atoms with Gasteiger partial charge in [0.05, 0.1) is 19.2 Å². The first-order valence-electron chi connectivity index (χ1n) is 12.1. The van der Waals surface area contributed by atoms with Crippen molar-refractivity contribution in [2.24, 2.45) is 7.05 Å². The van der Waals surface area contributed by atoms with Crippen LogP contribution in [0.1, 0.15) is 59.8 Å². The van der Waals surface area contributed by atoms with E-state index in [1.165, 1.54) is 18.8 Å². The molecule has 1 aromatic heterocycles. The fourth-order valence-corrected chi connectivity index (χ4v) is 5.81. The number of alkyl halides is 3. The second-order valence-electron chi connectivity index (χ2n) is 9.45. The number of nitrogens with zero attached hydrogens (tertiary/aromatic N) is 4. The van der Waals surface area contributed by atoms with Crippen LogP contribution >= 0.6 is 34.2 Å². The molecule has 0 spiro atoms. The fourth-order valence-electron chi connectivity index (χ4n) is 5.17. The molecule has 1 saturated carbocycles. The minimum absolute atomic E-state index is 0.139. The zero-order chi connectivity index (χ0) is 26.8. The van der Waals surface area contributed by atoms with Gasteiger partial charge in [0.25, 0.3) is 5.91 Å². The Bertz CT molecular complexity index is 1080. The Morgan fingerprint density at radius 1 is 1.28 bits per heavy atom. The Morgan fingerprint density at radius 3 is 2.42 bits per heavy atom. The van der Waals surface area contributed by atoms with Crippen molar-refractivity contribution < 1.29 is 18.3 Å². The normalized spacial score (nSPS) is 18.4. The van der Waals surface area contributed by atoms with Crippen LogP contribution in [-0.2, 0) is 17.5 Å². The van der Waals surface area contributed by atoms with E-state index < -0.39 is 15.5 Å². The van der Waals surface area contributed by atoms with Crippen molar-refractivity contribution in [2.45, 2.75) is 62.1 Å². The first-order valence-corrected chi connectivity index (χ1v) is 13.5. The maximum absolute atomic E-state index is 14.2. The van der Waals surface area contributed by atoms with Gasteiger partial charge in [0.15, 0.2) is 5.69 Å². The highest BCUT2D eigenvalue weighted by atomic mass is 127. The average molecular weight is 638 g/mol. The molecular weight excluding hydrogens is 603 g/mol. The van der Waals surface area contributed by atoms with Crippen molar-refractivity contribution in [3.8, 4) is 5.88 Å². The largest absolute Gasteiger partial charge is 0.481 e. The van der Waals surface area contributed by atoms with Crippen LogP contribution in [0.4, 0.5) is 14.5 Å². The number of benzene rings is 1. The summed E-state index contributed by atoms with van der Waals surface area (Å²) in [6.45, 7) is 4.65. The smallest absolute Gasteiger partial charge is 0.340 e. The number of aromatic nitrogens is 2. The maximum Gasteiger partial charge on any atom is 0.340 e. The summed E-state index contributed by atoms with van der Waals surface area (Å²) < 4.78 is 31.6. The summed E-state index contributed by atoms with van der Waals surface area (Å²) >= 11 is 7.51. The third-order valence-corrected chi connectivity index (χ3v) is 7.78. The maximum atomic E-state index is 14.2. The highest BCUT2D eigenvalue weighted by Crippen LogP contribution is 2.39. The molecular formula is C25H35ClF2IN5O2. The number of ether oxygens (including phenoxy) is 1. The van der Waals surface area contributed by atoms with Gasteiger partial charge in [0, 0.05) is 64.5 Å². The van der Waals surface area contributed by atoms with Crippen LogP contribution in [0.3, 0.4) is 0 Å². The number of anilines is 1. The predicted molar refractivity (Wildman–Crippen MR) is 148 cm³/mol. The van der Waals surface area contributed by atoms with E-state index >= 15 is 0 Å². The molecule has 0 aliphatic heterocycles. The van der Waals surface area contributed by atoms with Gasteiger partial charge in [-0.2, -0.15) is 13.9 Å². The molecule has 0 unspecified atom stereocenters. The number of aryl methyl sites for hydroxylation is 1. The second kappa shape index (κ2) is 11.8. The summed E-state index contributed by atoms with van der Waals surface area (Å²) in [5.74, 6) is -0.215.